The van der Waals surface area contributed by atoms with Crippen LogP contribution in [-0.2, 0) is 11.2 Å². The van der Waals surface area contributed by atoms with Crippen LogP contribution < -0.4 is 4.74 Å². The van der Waals surface area contributed by atoms with E-state index in [4.69, 9.17) is 9.47 Å². The number of rotatable bonds is 1. The zero-order valence-corrected chi connectivity index (χ0v) is 9.00. The Kier molecular flexibility index (Phi) is 2.56. The SMILES string of the molecule is COC1COc2cccc(Br)c2C1. The van der Waals surface area contributed by atoms with E-state index >= 15 is 0 Å². The van der Waals surface area contributed by atoms with Crippen molar-refractivity contribution in [2.45, 2.75) is 12.5 Å². The van der Waals surface area contributed by atoms with Crippen molar-refractivity contribution in [2.75, 3.05) is 13.7 Å². The molecular weight excluding hydrogens is 232 g/mol. The third kappa shape index (κ3) is 1.71. The minimum atomic E-state index is 0.186. The molecule has 0 aliphatic carbocycles. The van der Waals surface area contributed by atoms with E-state index in [-0.39, 0.29) is 6.10 Å². The Morgan fingerprint density at radius 3 is 3.15 bits per heavy atom. The first-order valence-electron chi connectivity index (χ1n) is 4.24. The normalized spacial score (nSPS) is 20.6. The van der Waals surface area contributed by atoms with Gasteiger partial charge < -0.3 is 9.47 Å². The quantitative estimate of drug-likeness (QED) is 0.754. The van der Waals surface area contributed by atoms with Crippen molar-refractivity contribution in [3.8, 4) is 5.75 Å². The second-order valence-corrected chi connectivity index (χ2v) is 3.94. The summed E-state index contributed by atoms with van der Waals surface area (Å²) in [6.07, 6.45) is 1.11. The molecule has 1 heterocycles. The van der Waals surface area contributed by atoms with Crippen molar-refractivity contribution in [3.05, 3.63) is 28.2 Å². The van der Waals surface area contributed by atoms with Crippen LogP contribution in [0.1, 0.15) is 5.56 Å². The molecule has 1 unspecified atom stereocenters. The lowest BCUT2D eigenvalue weighted by Gasteiger charge is -2.24. The van der Waals surface area contributed by atoms with Gasteiger partial charge in [0.1, 0.15) is 12.4 Å². The van der Waals surface area contributed by atoms with E-state index in [1.54, 1.807) is 7.11 Å². The molecule has 0 N–H and O–H groups in total. The average molecular weight is 243 g/mol. The van der Waals surface area contributed by atoms with E-state index in [2.05, 4.69) is 15.9 Å². The van der Waals surface area contributed by atoms with Crippen LogP contribution in [-0.4, -0.2) is 19.8 Å². The molecule has 1 aromatic rings. The number of fused-ring (bicyclic) bond motifs is 1. The van der Waals surface area contributed by atoms with Crippen LogP contribution in [0.2, 0.25) is 0 Å². The molecule has 70 valence electrons. The van der Waals surface area contributed by atoms with Crippen molar-refractivity contribution in [2.24, 2.45) is 0 Å². The van der Waals surface area contributed by atoms with E-state index in [1.165, 1.54) is 5.56 Å². The zero-order valence-electron chi connectivity index (χ0n) is 7.42. The van der Waals surface area contributed by atoms with Gasteiger partial charge in [-0.2, -0.15) is 0 Å². The van der Waals surface area contributed by atoms with Gasteiger partial charge in [0, 0.05) is 23.6 Å². The number of halogens is 1. The third-order valence-corrected chi connectivity index (χ3v) is 3.01. The van der Waals surface area contributed by atoms with Gasteiger partial charge in [-0.05, 0) is 12.1 Å². The lowest BCUT2D eigenvalue weighted by atomic mass is 10.0. The summed E-state index contributed by atoms with van der Waals surface area (Å²) in [5, 5.41) is 0. The highest BCUT2D eigenvalue weighted by Gasteiger charge is 2.20. The fourth-order valence-corrected chi connectivity index (χ4v) is 2.00. The highest BCUT2D eigenvalue weighted by molar-refractivity contribution is 9.10. The van der Waals surface area contributed by atoms with E-state index in [9.17, 15) is 0 Å². The molecule has 1 aliphatic heterocycles. The smallest absolute Gasteiger partial charge is 0.123 e. The molecule has 1 atom stereocenters. The van der Waals surface area contributed by atoms with Crippen LogP contribution in [0.3, 0.4) is 0 Å². The van der Waals surface area contributed by atoms with Crippen molar-refractivity contribution < 1.29 is 9.47 Å². The summed E-state index contributed by atoms with van der Waals surface area (Å²) in [5.41, 5.74) is 1.21. The van der Waals surface area contributed by atoms with Crippen molar-refractivity contribution >= 4 is 15.9 Å². The molecule has 3 heteroatoms. The van der Waals surface area contributed by atoms with Crippen LogP contribution in [0, 0.1) is 0 Å². The van der Waals surface area contributed by atoms with Gasteiger partial charge in [-0.15, -0.1) is 0 Å². The Balaban J connectivity index is 2.32. The molecule has 2 nitrogen and oxygen atoms in total. The highest BCUT2D eigenvalue weighted by Crippen LogP contribution is 2.31. The van der Waals surface area contributed by atoms with Gasteiger partial charge in [0.2, 0.25) is 0 Å². The van der Waals surface area contributed by atoms with Crippen LogP contribution in [0.25, 0.3) is 0 Å². The third-order valence-electron chi connectivity index (χ3n) is 2.27. The molecule has 0 saturated heterocycles. The number of hydrogen-bond donors (Lipinski definition) is 0. The lowest BCUT2D eigenvalue weighted by Crippen LogP contribution is -2.27. The molecule has 0 spiro atoms. The molecule has 0 bridgehead atoms. The Morgan fingerprint density at radius 1 is 1.54 bits per heavy atom. The van der Waals surface area contributed by atoms with Crippen molar-refractivity contribution in [3.63, 3.8) is 0 Å². The molecule has 2 rings (SSSR count). The van der Waals surface area contributed by atoms with Gasteiger partial charge in [-0.1, -0.05) is 22.0 Å². The molecule has 0 radical (unpaired) electrons. The van der Waals surface area contributed by atoms with Gasteiger partial charge in [0.25, 0.3) is 0 Å². The molecular formula is C10H11BrO2. The second-order valence-electron chi connectivity index (χ2n) is 3.09. The largest absolute Gasteiger partial charge is 0.491 e. The maximum atomic E-state index is 5.55. The summed E-state index contributed by atoms with van der Waals surface area (Å²) in [6.45, 7) is 0.653. The number of hydrogen-bond acceptors (Lipinski definition) is 2. The van der Waals surface area contributed by atoms with Crippen molar-refractivity contribution in [1.82, 2.24) is 0 Å². The molecule has 0 aromatic heterocycles. The first-order valence-corrected chi connectivity index (χ1v) is 5.03. The standard InChI is InChI=1S/C10H11BrO2/c1-12-7-5-8-9(11)3-2-4-10(8)13-6-7/h2-4,7H,5-6H2,1H3. The Morgan fingerprint density at radius 2 is 2.38 bits per heavy atom. The number of benzene rings is 1. The summed E-state index contributed by atoms with van der Waals surface area (Å²) in [5.74, 6) is 0.975. The summed E-state index contributed by atoms with van der Waals surface area (Å²) in [4.78, 5) is 0. The van der Waals surface area contributed by atoms with Crippen LogP contribution >= 0.6 is 15.9 Å². The number of ether oxygens (including phenoxy) is 2. The molecule has 0 amide bonds. The Hall–Kier alpha value is -0.540. The van der Waals surface area contributed by atoms with Crippen LogP contribution in [0.4, 0.5) is 0 Å². The summed E-state index contributed by atoms with van der Waals surface area (Å²) < 4.78 is 11.9. The second kappa shape index (κ2) is 3.68. The number of methoxy groups -OCH3 is 1. The van der Waals surface area contributed by atoms with Gasteiger partial charge in [0.05, 0.1) is 6.10 Å². The predicted molar refractivity (Wildman–Crippen MR) is 54.1 cm³/mol. The zero-order chi connectivity index (χ0) is 9.26. The predicted octanol–water partition coefficient (Wildman–Crippen LogP) is 2.40. The molecule has 0 fully saturated rings. The maximum Gasteiger partial charge on any atom is 0.123 e. The van der Waals surface area contributed by atoms with Crippen LogP contribution in [0.5, 0.6) is 5.75 Å². The average Bonchev–Trinajstić information content (AvgIpc) is 2.18. The van der Waals surface area contributed by atoms with Gasteiger partial charge in [-0.25, -0.2) is 0 Å². The first kappa shape index (κ1) is 9.03. The summed E-state index contributed by atoms with van der Waals surface area (Å²) >= 11 is 3.50. The Labute approximate surface area is 86.0 Å². The molecule has 1 aromatic carbocycles. The monoisotopic (exact) mass is 242 g/mol. The van der Waals surface area contributed by atoms with Gasteiger partial charge >= 0.3 is 0 Å². The van der Waals surface area contributed by atoms with E-state index in [0.717, 1.165) is 16.6 Å². The fourth-order valence-electron chi connectivity index (χ4n) is 1.49. The fraction of sp³-hybridized carbons (Fsp3) is 0.400. The molecule has 13 heavy (non-hydrogen) atoms. The van der Waals surface area contributed by atoms with E-state index in [1.807, 2.05) is 18.2 Å². The Bertz CT molecular complexity index is 312. The maximum absolute atomic E-state index is 5.55. The van der Waals surface area contributed by atoms with Crippen LogP contribution in [0.15, 0.2) is 22.7 Å². The first-order chi connectivity index (χ1) is 6.31. The minimum absolute atomic E-state index is 0.186. The summed E-state index contributed by atoms with van der Waals surface area (Å²) in [7, 11) is 1.72. The van der Waals surface area contributed by atoms with Gasteiger partial charge in [-0.3, -0.25) is 0 Å². The van der Waals surface area contributed by atoms with E-state index in [0.29, 0.717) is 6.61 Å². The highest BCUT2D eigenvalue weighted by atomic mass is 79.9. The van der Waals surface area contributed by atoms with Crippen molar-refractivity contribution in [1.29, 1.82) is 0 Å². The molecule has 1 aliphatic rings. The topological polar surface area (TPSA) is 18.5 Å². The van der Waals surface area contributed by atoms with E-state index < -0.39 is 0 Å². The minimum Gasteiger partial charge on any atom is -0.491 e. The molecule has 0 saturated carbocycles. The lowest BCUT2D eigenvalue weighted by molar-refractivity contribution is 0.0465. The van der Waals surface area contributed by atoms with Gasteiger partial charge in [0.15, 0.2) is 0 Å². The summed E-state index contributed by atoms with van der Waals surface area (Å²) in [6, 6.07) is 6.00.